The minimum atomic E-state index is -4.93. The Morgan fingerprint density at radius 2 is 1.61 bits per heavy atom. The third kappa shape index (κ3) is 5.34. The zero-order valence-electron chi connectivity index (χ0n) is 15.3. The lowest BCUT2D eigenvalue weighted by molar-refractivity contribution is -0.138. The molecular weight excluding hydrogens is 461 g/mol. The molecule has 0 aliphatic rings. The molecule has 3 aromatic rings. The number of alkyl halides is 3. The SMILES string of the molecule is O=C(Oc1c(C(=O)Nc2cc(Cl)ccc2Cl)cccc1C(F)(F)F)c1ccc(F)cc1. The second kappa shape index (κ2) is 8.95. The maximum absolute atomic E-state index is 13.5. The smallest absolute Gasteiger partial charge is 0.420 e. The molecule has 0 spiro atoms. The zero-order chi connectivity index (χ0) is 22.8. The van der Waals surface area contributed by atoms with Crippen molar-refractivity contribution in [3.8, 4) is 5.75 Å². The van der Waals surface area contributed by atoms with Gasteiger partial charge in [-0.3, -0.25) is 4.79 Å². The Bertz CT molecular complexity index is 1150. The minimum Gasteiger partial charge on any atom is -0.421 e. The van der Waals surface area contributed by atoms with Crippen molar-refractivity contribution < 1.29 is 31.9 Å². The van der Waals surface area contributed by atoms with Crippen LogP contribution >= 0.6 is 23.2 Å². The first kappa shape index (κ1) is 22.6. The van der Waals surface area contributed by atoms with Crippen LogP contribution < -0.4 is 10.1 Å². The fourth-order valence-corrected chi connectivity index (χ4v) is 2.91. The fraction of sp³-hybridized carbons (Fsp3) is 0.0476. The topological polar surface area (TPSA) is 55.4 Å². The lowest BCUT2D eigenvalue weighted by Gasteiger charge is -2.17. The molecule has 10 heteroatoms. The Labute approximate surface area is 183 Å². The molecule has 1 amide bonds. The first-order chi connectivity index (χ1) is 14.6. The van der Waals surface area contributed by atoms with Crippen molar-refractivity contribution in [3.63, 3.8) is 0 Å². The number of benzene rings is 3. The van der Waals surface area contributed by atoms with Crippen molar-refractivity contribution in [2.45, 2.75) is 6.18 Å². The molecule has 3 rings (SSSR count). The first-order valence-corrected chi connectivity index (χ1v) is 9.26. The number of hydrogen-bond donors (Lipinski definition) is 1. The Balaban J connectivity index is 2.02. The molecule has 4 nitrogen and oxygen atoms in total. The maximum atomic E-state index is 13.5. The van der Waals surface area contributed by atoms with E-state index in [1.807, 2.05) is 0 Å². The van der Waals surface area contributed by atoms with Gasteiger partial charge in [-0.1, -0.05) is 29.3 Å². The van der Waals surface area contributed by atoms with Crippen molar-refractivity contribution in [1.29, 1.82) is 0 Å². The number of rotatable bonds is 4. The largest absolute Gasteiger partial charge is 0.421 e. The summed E-state index contributed by atoms with van der Waals surface area (Å²) in [7, 11) is 0. The molecule has 3 aromatic carbocycles. The summed E-state index contributed by atoms with van der Waals surface area (Å²) in [5.74, 6) is -3.87. The van der Waals surface area contributed by atoms with E-state index in [4.69, 9.17) is 27.9 Å². The van der Waals surface area contributed by atoms with Gasteiger partial charge in [-0.15, -0.1) is 0 Å². The molecule has 0 saturated heterocycles. The van der Waals surface area contributed by atoms with Gasteiger partial charge in [0.15, 0.2) is 5.75 Å². The Morgan fingerprint density at radius 1 is 0.935 bits per heavy atom. The highest BCUT2D eigenvalue weighted by Crippen LogP contribution is 2.39. The molecule has 0 saturated carbocycles. The number of hydrogen-bond acceptors (Lipinski definition) is 3. The van der Waals surface area contributed by atoms with Gasteiger partial charge in [0.25, 0.3) is 5.91 Å². The molecule has 160 valence electrons. The molecule has 0 aliphatic carbocycles. The molecule has 0 aromatic heterocycles. The van der Waals surface area contributed by atoms with Crippen LogP contribution in [0.1, 0.15) is 26.3 Å². The lowest BCUT2D eigenvalue weighted by atomic mass is 10.1. The molecule has 31 heavy (non-hydrogen) atoms. The highest BCUT2D eigenvalue weighted by molar-refractivity contribution is 6.36. The lowest BCUT2D eigenvalue weighted by Crippen LogP contribution is -2.20. The van der Waals surface area contributed by atoms with Crippen molar-refractivity contribution in [2.75, 3.05) is 5.32 Å². The fourth-order valence-electron chi connectivity index (χ4n) is 2.57. The molecule has 0 fully saturated rings. The molecule has 0 radical (unpaired) electrons. The van der Waals surface area contributed by atoms with E-state index >= 15 is 0 Å². The summed E-state index contributed by atoms with van der Waals surface area (Å²) < 4.78 is 58.6. The third-order valence-corrected chi connectivity index (χ3v) is 4.58. The summed E-state index contributed by atoms with van der Waals surface area (Å²) in [6.07, 6.45) is -4.93. The van der Waals surface area contributed by atoms with Gasteiger partial charge in [0, 0.05) is 5.02 Å². The molecule has 0 bridgehead atoms. The van der Waals surface area contributed by atoms with Gasteiger partial charge >= 0.3 is 12.1 Å². The van der Waals surface area contributed by atoms with Gasteiger partial charge < -0.3 is 10.1 Å². The quantitative estimate of drug-likeness (QED) is 0.264. The molecule has 1 N–H and O–H groups in total. The summed E-state index contributed by atoms with van der Waals surface area (Å²) in [6, 6.07) is 10.8. The van der Waals surface area contributed by atoms with Crippen LogP contribution in [-0.2, 0) is 6.18 Å². The zero-order valence-corrected chi connectivity index (χ0v) is 16.8. The molecule has 0 heterocycles. The Kier molecular flexibility index (Phi) is 6.52. The first-order valence-electron chi connectivity index (χ1n) is 8.50. The maximum Gasteiger partial charge on any atom is 0.420 e. The molecule has 0 atom stereocenters. The number of esters is 1. The van der Waals surface area contributed by atoms with E-state index in [1.54, 1.807) is 0 Å². The number of anilines is 1. The predicted molar refractivity (Wildman–Crippen MR) is 107 cm³/mol. The molecule has 0 unspecified atom stereocenters. The van der Waals surface area contributed by atoms with E-state index in [2.05, 4.69) is 5.32 Å². The Morgan fingerprint density at radius 3 is 2.26 bits per heavy atom. The number of carbonyl (C=O) groups excluding carboxylic acids is 2. The summed E-state index contributed by atoms with van der Waals surface area (Å²) in [4.78, 5) is 25.1. The van der Waals surface area contributed by atoms with E-state index in [0.717, 1.165) is 36.4 Å². The van der Waals surface area contributed by atoms with E-state index in [1.165, 1.54) is 18.2 Å². The van der Waals surface area contributed by atoms with E-state index < -0.39 is 40.7 Å². The van der Waals surface area contributed by atoms with E-state index in [9.17, 15) is 27.2 Å². The van der Waals surface area contributed by atoms with Crippen LogP contribution in [0, 0.1) is 5.82 Å². The highest BCUT2D eigenvalue weighted by Gasteiger charge is 2.37. The van der Waals surface area contributed by atoms with Crippen LogP contribution in [0.5, 0.6) is 5.75 Å². The van der Waals surface area contributed by atoms with Crippen LogP contribution in [0.25, 0.3) is 0 Å². The molecule has 0 aliphatic heterocycles. The Hall–Kier alpha value is -3.10. The normalized spacial score (nSPS) is 11.2. The number of nitrogens with one attached hydrogen (secondary N) is 1. The van der Waals surface area contributed by atoms with Crippen LogP contribution in [0.4, 0.5) is 23.2 Å². The van der Waals surface area contributed by atoms with Crippen molar-refractivity contribution >= 4 is 40.8 Å². The van der Waals surface area contributed by atoms with Gasteiger partial charge in [-0.05, 0) is 54.6 Å². The van der Waals surface area contributed by atoms with Gasteiger partial charge in [-0.2, -0.15) is 13.2 Å². The average Bonchev–Trinajstić information content (AvgIpc) is 2.70. The van der Waals surface area contributed by atoms with Gasteiger partial charge in [0.2, 0.25) is 0 Å². The van der Waals surface area contributed by atoms with Crippen LogP contribution in [-0.4, -0.2) is 11.9 Å². The highest BCUT2D eigenvalue weighted by atomic mass is 35.5. The predicted octanol–water partition coefficient (Wildman–Crippen LogP) is 6.62. The third-order valence-electron chi connectivity index (χ3n) is 4.02. The van der Waals surface area contributed by atoms with Crippen molar-refractivity contribution in [1.82, 2.24) is 0 Å². The van der Waals surface area contributed by atoms with Gasteiger partial charge in [0.05, 0.1) is 27.4 Å². The monoisotopic (exact) mass is 471 g/mol. The number of amides is 1. The summed E-state index contributed by atoms with van der Waals surface area (Å²) in [5.41, 5.74) is -2.07. The van der Waals surface area contributed by atoms with Crippen LogP contribution in [0.2, 0.25) is 10.0 Å². The summed E-state index contributed by atoms with van der Waals surface area (Å²) in [5, 5.41) is 2.66. The number of carbonyl (C=O) groups is 2. The van der Waals surface area contributed by atoms with Crippen LogP contribution in [0.15, 0.2) is 60.7 Å². The van der Waals surface area contributed by atoms with Crippen molar-refractivity contribution in [3.05, 3.63) is 93.2 Å². The summed E-state index contributed by atoms with van der Waals surface area (Å²) >= 11 is 11.8. The second-order valence-electron chi connectivity index (χ2n) is 6.15. The van der Waals surface area contributed by atoms with Gasteiger partial charge in [0.1, 0.15) is 5.82 Å². The number of halogens is 6. The summed E-state index contributed by atoms with van der Waals surface area (Å²) in [6.45, 7) is 0. The standard InChI is InChI=1S/C21H11Cl2F4NO3/c22-12-6-9-16(23)17(10-12)28-19(29)14-2-1-3-15(21(25,26)27)18(14)31-20(30)11-4-7-13(24)8-5-11/h1-10H,(H,28,29). The van der Waals surface area contributed by atoms with Crippen molar-refractivity contribution in [2.24, 2.45) is 0 Å². The number of para-hydroxylation sites is 1. The van der Waals surface area contributed by atoms with Crippen LogP contribution in [0.3, 0.4) is 0 Å². The van der Waals surface area contributed by atoms with Gasteiger partial charge in [-0.25, -0.2) is 9.18 Å². The average molecular weight is 472 g/mol. The molecular formula is C21H11Cl2F4NO3. The van der Waals surface area contributed by atoms with E-state index in [-0.39, 0.29) is 21.3 Å². The van der Waals surface area contributed by atoms with E-state index in [0.29, 0.717) is 6.07 Å². The number of ether oxygens (including phenoxy) is 1. The minimum absolute atomic E-state index is 0.0485. The second-order valence-corrected chi connectivity index (χ2v) is 7.00.